The van der Waals surface area contributed by atoms with Gasteiger partial charge in [0.15, 0.2) is 0 Å². The second-order valence-corrected chi connectivity index (χ2v) is 10.2. The van der Waals surface area contributed by atoms with Gasteiger partial charge in [-0.05, 0) is 43.2 Å². The normalized spacial score (nSPS) is 29.8. The zero-order valence-electron chi connectivity index (χ0n) is 20.3. The first-order chi connectivity index (χ1) is 17.4. The lowest BCUT2D eigenvalue weighted by atomic mass is 10.1. The van der Waals surface area contributed by atoms with Gasteiger partial charge in [0.05, 0.1) is 19.0 Å². The average Bonchev–Trinajstić information content (AvgIpc) is 3.28. The maximum Gasteiger partial charge on any atom is 0.410 e. The Morgan fingerprint density at radius 3 is 2.78 bits per heavy atom. The molecule has 1 N–H and O–H groups in total. The second kappa shape index (κ2) is 10.4. The van der Waals surface area contributed by atoms with Gasteiger partial charge in [0.1, 0.15) is 18.0 Å². The van der Waals surface area contributed by atoms with E-state index in [9.17, 15) is 18.8 Å². The number of fused-ring (bicyclic) bond motifs is 3. The molecule has 1 aliphatic carbocycles. The zero-order chi connectivity index (χ0) is 25.2. The highest BCUT2D eigenvalue weighted by molar-refractivity contribution is 5.94. The molecule has 4 atom stereocenters. The van der Waals surface area contributed by atoms with Crippen molar-refractivity contribution in [3.8, 4) is 0 Å². The van der Waals surface area contributed by atoms with Crippen LogP contribution >= 0.6 is 0 Å². The number of halogens is 1. The van der Waals surface area contributed by atoms with Crippen LogP contribution < -0.4 is 0 Å². The van der Waals surface area contributed by atoms with E-state index in [4.69, 9.17) is 14.9 Å². The molecule has 8 nitrogen and oxygen atoms in total. The fourth-order valence-corrected chi connectivity index (χ4v) is 5.39. The molecule has 5 rings (SSSR count). The highest BCUT2D eigenvalue weighted by Crippen LogP contribution is 2.41. The summed E-state index contributed by atoms with van der Waals surface area (Å²) in [5.74, 6) is -1.28. The predicted octanol–water partition coefficient (Wildman–Crippen LogP) is 4.31. The van der Waals surface area contributed by atoms with E-state index in [0.717, 1.165) is 44.1 Å². The number of nitrogens with one attached hydrogen (secondary N) is 1. The first-order valence-corrected chi connectivity index (χ1v) is 12.9. The van der Waals surface area contributed by atoms with E-state index in [1.165, 1.54) is 15.9 Å². The van der Waals surface area contributed by atoms with Crippen molar-refractivity contribution in [1.82, 2.24) is 9.80 Å². The van der Waals surface area contributed by atoms with Crippen molar-refractivity contribution in [2.45, 2.75) is 76.6 Å². The molecule has 0 spiro atoms. The Labute approximate surface area is 209 Å². The molecule has 0 radical (unpaired) electrons. The monoisotopic (exact) mass is 497 g/mol. The lowest BCUT2D eigenvalue weighted by Gasteiger charge is -2.24. The van der Waals surface area contributed by atoms with Crippen LogP contribution in [0.4, 0.5) is 9.18 Å². The molecule has 1 aromatic carbocycles. The van der Waals surface area contributed by atoms with Crippen LogP contribution in [-0.4, -0.2) is 52.4 Å². The summed E-state index contributed by atoms with van der Waals surface area (Å²) < 4.78 is 25.2. The van der Waals surface area contributed by atoms with Gasteiger partial charge in [-0.1, -0.05) is 37.1 Å². The molecule has 1 saturated carbocycles. The van der Waals surface area contributed by atoms with Crippen molar-refractivity contribution in [1.29, 1.82) is 5.41 Å². The number of carbonyl (C=O) groups is 3. The standard InChI is InChI=1S/C27H32FN3O5/c28-22-10-7-9-18-14-30(16-21(18)22)27(34)35-19-13-23-25(29)36-26(33)20-12-17(20)8-5-3-1-2-4-6-11-24(32)31(23)15-19/h5,7-10,17,19-20,23,29H,1-4,6,11-16H2/b8-5-,29-25?/t17?,19-,20+,23?/m1/s1. The second-order valence-electron chi connectivity index (χ2n) is 10.2. The molecule has 1 aromatic rings. The molecule has 3 aliphatic heterocycles. The van der Waals surface area contributed by atoms with Crippen LogP contribution in [0.15, 0.2) is 30.4 Å². The molecular formula is C27H32FN3O5. The molecule has 3 heterocycles. The highest BCUT2D eigenvalue weighted by Gasteiger charge is 2.46. The van der Waals surface area contributed by atoms with Crippen molar-refractivity contribution >= 4 is 23.9 Å². The molecule has 0 aromatic heterocycles. The van der Waals surface area contributed by atoms with Gasteiger partial charge in [0.25, 0.3) is 0 Å². The van der Waals surface area contributed by atoms with Gasteiger partial charge in [-0.2, -0.15) is 0 Å². The van der Waals surface area contributed by atoms with E-state index in [0.29, 0.717) is 12.0 Å². The summed E-state index contributed by atoms with van der Waals surface area (Å²) in [6, 6.07) is 4.02. The molecule has 2 fully saturated rings. The fraction of sp³-hybridized carbons (Fsp3) is 0.556. The minimum absolute atomic E-state index is 0.129. The van der Waals surface area contributed by atoms with Crippen LogP contribution in [0, 0.1) is 23.1 Å². The Balaban J connectivity index is 1.24. The Bertz CT molecular complexity index is 1090. The minimum atomic E-state index is -0.756. The van der Waals surface area contributed by atoms with Crippen molar-refractivity contribution < 1.29 is 28.2 Å². The van der Waals surface area contributed by atoms with E-state index < -0.39 is 24.2 Å². The van der Waals surface area contributed by atoms with Crippen molar-refractivity contribution in [3.05, 3.63) is 47.3 Å². The number of allylic oxidation sites excluding steroid dienone is 2. The third kappa shape index (κ3) is 5.29. The molecule has 2 unspecified atom stereocenters. The van der Waals surface area contributed by atoms with Crippen LogP contribution in [0.5, 0.6) is 0 Å². The fourth-order valence-electron chi connectivity index (χ4n) is 5.39. The van der Waals surface area contributed by atoms with E-state index in [1.54, 1.807) is 12.1 Å². The van der Waals surface area contributed by atoms with Crippen LogP contribution in [0.2, 0.25) is 0 Å². The summed E-state index contributed by atoms with van der Waals surface area (Å²) >= 11 is 0. The zero-order valence-corrected chi connectivity index (χ0v) is 20.3. The molecule has 9 heteroatoms. The largest absolute Gasteiger partial charge is 0.444 e. The summed E-state index contributed by atoms with van der Waals surface area (Å²) in [6.45, 7) is 0.526. The molecule has 36 heavy (non-hydrogen) atoms. The topological polar surface area (TPSA) is 100 Å². The first-order valence-electron chi connectivity index (χ1n) is 12.9. The van der Waals surface area contributed by atoms with E-state index in [2.05, 4.69) is 12.2 Å². The van der Waals surface area contributed by atoms with Crippen LogP contribution in [0.3, 0.4) is 0 Å². The lowest BCUT2D eigenvalue weighted by Crippen LogP contribution is -2.42. The van der Waals surface area contributed by atoms with Crippen LogP contribution in [0.1, 0.15) is 62.5 Å². The Hall–Kier alpha value is -3.23. The average molecular weight is 498 g/mol. The summed E-state index contributed by atoms with van der Waals surface area (Å²) in [4.78, 5) is 41.4. The number of benzene rings is 1. The van der Waals surface area contributed by atoms with Crippen molar-refractivity contribution in [2.75, 3.05) is 6.54 Å². The summed E-state index contributed by atoms with van der Waals surface area (Å²) in [5, 5.41) is 8.46. The third-order valence-electron chi connectivity index (χ3n) is 7.59. The summed E-state index contributed by atoms with van der Waals surface area (Å²) in [6.07, 6.45) is 8.93. The smallest absolute Gasteiger partial charge is 0.410 e. The van der Waals surface area contributed by atoms with Gasteiger partial charge >= 0.3 is 12.1 Å². The van der Waals surface area contributed by atoms with Gasteiger partial charge in [0.2, 0.25) is 11.8 Å². The Morgan fingerprint density at radius 1 is 1.11 bits per heavy atom. The van der Waals surface area contributed by atoms with Crippen molar-refractivity contribution in [3.63, 3.8) is 0 Å². The molecule has 4 aliphatic rings. The number of carbonyl (C=O) groups excluding carboxylic acids is 3. The number of amides is 2. The lowest BCUT2D eigenvalue weighted by molar-refractivity contribution is -0.139. The molecular weight excluding hydrogens is 465 g/mol. The number of esters is 1. The minimum Gasteiger partial charge on any atom is -0.444 e. The summed E-state index contributed by atoms with van der Waals surface area (Å²) in [7, 11) is 0. The number of cyclic esters (lactones) is 1. The SMILES string of the molecule is N=C1OC(=O)[C@H]2CC2/C=C\CCCCCCC(=O)N2C[C@H](OC(=O)N3Cc4cccc(F)c4C3)CC12. The van der Waals surface area contributed by atoms with Crippen LogP contribution in [0.25, 0.3) is 0 Å². The number of hydrogen-bond acceptors (Lipinski definition) is 6. The van der Waals surface area contributed by atoms with Crippen molar-refractivity contribution in [2.24, 2.45) is 11.8 Å². The first kappa shape index (κ1) is 24.5. The number of rotatable bonds is 1. The van der Waals surface area contributed by atoms with E-state index >= 15 is 0 Å². The summed E-state index contributed by atoms with van der Waals surface area (Å²) in [5.41, 5.74) is 1.24. The molecule has 0 bridgehead atoms. The predicted molar refractivity (Wildman–Crippen MR) is 128 cm³/mol. The van der Waals surface area contributed by atoms with Gasteiger partial charge in [0, 0.05) is 24.9 Å². The molecule has 2 amide bonds. The highest BCUT2D eigenvalue weighted by atomic mass is 19.1. The Kier molecular flexibility index (Phi) is 7.07. The van der Waals surface area contributed by atoms with Crippen LogP contribution in [-0.2, 0) is 32.2 Å². The number of hydrogen-bond donors (Lipinski definition) is 1. The van der Waals surface area contributed by atoms with Gasteiger partial charge in [-0.25, -0.2) is 9.18 Å². The van der Waals surface area contributed by atoms with E-state index in [-0.39, 0.29) is 55.5 Å². The van der Waals surface area contributed by atoms with Gasteiger partial charge < -0.3 is 14.4 Å². The molecule has 192 valence electrons. The number of ether oxygens (including phenoxy) is 2. The third-order valence-corrected chi connectivity index (χ3v) is 7.59. The quantitative estimate of drug-likeness (QED) is 0.460. The van der Waals surface area contributed by atoms with Gasteiger partial charge in [-0.3, -0.25) is 19.9 Å². The maximum atomic E-state index is 14.1. The Morgan fingerprint density at radius 2 is 1.94 bits per heavy atom. The maximum absolute atomic E-state index is 14.1. The van der Waals surface area contributed by atoms with Gasteiger partial charge in [-0.15, -0.1) is 0 Å². The number of nitrogens with zero attached hydrogens (tertiary/aromatic N) is 2. The van der Waals surface area contributed by atoms with E-state index in [1.807, 2.05) is 0 Å². The molecule has 1 saturated heterocycles.